The maximum Gasteiger partial charge on any atom is 0.390 e. The molecular weight excluding hydrogens is 553 g/mol. The van der Waals surface area contributed by atoms with Crippen LogP contribution in [0.4, 0.5) is 33.6 Å². The first-order chi connectivity index (χ1) is 18.7. The van der Waals surface area contributed by atoms with Gasteiger partial charge in [-0.3, -0.25) is 4.72 Å². The Bertz CT molecular complexity index is 1470. The smallest absolute Gasteiger partial charge is 0.351 e. The summed E-state index contributed by atoms with van der Waals surface area (Å²) in [5.74, 6) is -1.72. The summed E-state index contributed by atoms with van der Waals surface area (Å²) in [6.07, 6.45) is -2.98. The van der Waals surface area contributed by atoms with Gasteiger partial charge >= 0.3 is 6.18 Å². The lowest BCUT2D eigenvalue weighted by molar-refractivity contribution is -0.129. The number of fused-ring (bicyclic) bond motifs is 1. The molecule has 2 aromatic carbocycles. The predicted molar refractivity (Wildman–Crippen MR) is 146 cm³/mol. The topological polar surface area (TPSA) is 87.2 Å². The van der Waals surface area contributed by atoms with Gasteiger partial charge in [0.15, 0.2) is 0 Å². The van der Waals surface area contributed by atoms with E-state index in [1.165, 1.54) is 12.1 Å². The highest BCUT2D eigenvalue weighted by Crippen LogP contribution is 2.31. The molecule has 1 unspecified atom stereocenters. The van der Waals surface area contributed by atoms with Gasteiger partial charge in [-0.05, 0) is 74.3 Å². The van der Waals surface area contributed by atoms with Crippen LogP contribution in [0.3, 0.4) is 0 Å². The Morgan fingerprint density at radius 3 is 2.48 bits per heavy atom. The van der Waals surface area contributed by atoms with Crippen LogP contribution in [-0.4, -0.2) is 67.6 Å². The Balaban J connectivity index is 1.53. The van der Waals surface area contributed by atoms with Crippen LogP contribution in [0, 0.1) is 5.82 Å². The van der Waals surface area contributed by atoms with Gasteiger partial charge in [-0.15, -0.1) is 0 Å². The number of halogens is 5. The molecule has 40 heavy (non-hydrogen) atoms. The summed E-state index contributed by atoms with van der Waals surface area (Å²) in [4.78, 5) is 11.0. The fourth-order valence-electron chi connectivity index (χ4n) is 4.97. The molecule has 0 saturated heterocycles. The highest BCUT2D eigenvalue weighted by Gasteiger charge is 2.32. The highest BCUT2D eigenvalue weighted by molar-refractivity contribution is 7.92. The molecule has 218 valence electrons. The van der Waals surface area contributed by atoms with E-state index in [1.54, 1.807) is 12.3 Å². The van der Waals surface area contributed by atoms with Gasteiger partial charge < -0.3 is 10.2 Å². The molecule has 4 rings (SSSR count). The summed E-state index contributed by atoms with van der Waals surface area (Å²) in [7, 11) is -0.628. The average Bonchev–Trinajstić information content (AvgIpc) is 2.87. The van der Waals surface area contributed by atoms with Gasteiger partial charge in [0.05, 0.1) is 23.4 Å². The minimum atomic E-state index is -4.65. The van der Waals surface area contributed by atoms with Gasteiger partial charge in [0.2, 0.25) is 16.0 Å². The molecule has 1 aliphatic rings. The molecule has 1 aromatic heterocycles. The second-order valence-electron chi connectivity index (χ2n) is 10.3. The van der Waals surface area contributed by atoms with E-state index >= 15 is 0 Å². The lowest BCUT2D eigenvalue weighted by atomic mass is 9.89. The molecule has 3 atom stereocenters. The summed E-state index contributed by atoms with van der Waals surface area (Å²) >= 11 is 0. The van der Waals surface area contributed by atoms with Crippen molar-refractivity contribution < 1.29 is 30.4 Å². The lowest BCUT2D eigenvalue weighted by Crippen LogP contribution is -2.44. The van der Waals surface area contributed by atoms with Gasteiger partial charge in [-0.2, -0.15) is 13.2 Å². The van der Waals surface area contributed by atoms with Gasteiger partial charge in [0.1, 0.15) is 12.0 Å². The first-order valence-electron chi connectivity index (χ1n) is 13.0. The van der Waals surface area contributed by atoms with Gasteiger partial charge in [-0.1, -0.05) is 13.0 Å². The van der Waals surface area contributed by atoms with Crippen LogP contribution >= 0.6 is 0 Å². The summed E-state index contributed by atoms with van der Waals surface area (Å²) in [6.45, 7) is 1.95. The third-order valence-corrected chi connectivity index (χ3v) is 8.37. The zero-order valence-corrected chi connectivity index (χ0v) is 23.2. The van der Waals surface area contributed by atoms with Crippen LogP contribution in [-0.2, 0) is 16.4 Å². The highest BCUT2D eigenvalue weighted by atomic mass is 32.2. The van der Waals surface area contributed by atoms with Crippen molar-refractivity contribution in [2.45, 2.75) is 63.5 Å². The molecule has 0 bridgehead atoms. The second-order valence-corrected chi connectivity index (χ2v) is 12.1. The summed E-state index contributed by atoms with van der Waals surface area (Å²) < 4.78 is 92.5. The fourth-order valence-corrected chi connectivity index (χ4v) is 6.07. The minimum absolute atomic E-state index is 0.0830. The monoisotopic (exact) mass is 585 g/mol. The minimum Gasteiger partial charge on any atom is -0.351 e. The third-order valence-electron chi connectivity index (χ3n) is 7.10. The number of hydrogen-bond donors (Lipinski definition) is 2. The van der Waals surface area contributed by atoms with E-state index in [1.807, 2.05) is 36.7 Å². The standard InChI is InChI=1S/C27H32F5N5O2S/c1-4-16-11-18(17-5-7-23(21(28)13-17)36-40(38,39)10-9-27(30,31)32)12-19-15-33-26(35-25(16)19)34-20-6-8-24(37(2)3)22(29)14-20/h5,7,11-13,15,20,22,24,36H,4,6,8-10,14H2,1-3H3,(H,33,34,35)/t20-,22?,24-/m0/s1. The quantitative estimate of drug-likeness (QED) is 0.303. The Labute approximate surface area is 230 Å². The molecule has 0 amide bonds. The van der Waals surface area contributed by atoms with E-state index in [4.69, 9.17) is 0 Å². The maximum atomic E-state index is 14.8. The van der Waals surface area contributed by atoms with E-state index in [-0.39, 0.29) is 12.1 Å². The molecule has 1 heterocycles. The van der Waals surface area contributed by atoms with Crippen molar-refractivity contribution in [2.24, 2.45) is 0 Å². The Kier molecular flexibility index (Phi) is 8.83. The molecule has 13 heteroatoms. The number of alkyl halides is 4. The number of aryl methyl sites for hydroxylation is 1. The number of aromatic nitrogens is 2. The van der Waals surface area contributed by atoms with Gasteiger partial charge in [-0.25, -0.2) is 27.2 Å². The Morgan fingerprint density at radius 1 is 1.10 bits per heavy atom. The largest absolute Gasteiger partial charge is 0.390 e. The molecule has 3 aromatic rings. The number of anilines is 2. The van der Waals surface area contributed by atoms with Crippen molar-refractivity contribution in [2.75, 3.05) is 29.9 Å². The van der Waals surface area contributed by atoms with E-state index in [9.17, 15) is 30.4 Å². The number of sulfonamides is 1. The molecule has 1 fully saturated rings. The van der Waals surface area contributed by atoms with Crippen LogP contribution in [0.5, 0.6) is 0 Å². The zero-order chi connectivity index (χ0) is 29.2. The Morgan fingerprint density at radius 2 is 1.85 bits per heavy atom. The molecule has 2 N–H and O–H groups in total. The van der Waals surface area contributed by atoms with E-state index in [0.29, 0.717) is 40.8 Å². The van der Waals surface area contributed by atoms with Crippen LogP contribution in [0.1, 0.15) is 38.2 Å². The molecule has 7 nitrogen and oxygen atoms in total. The SMILES string of the molecule is CCc1cc(-c2ccc(NS(=O)(=O)CCC(F)(F)F)c(F)c2)cc2cnc(N[C@H]3CC[C@H](N(C)C)C(F)C3)nc12. The molecule has 1 saturated carbocycles. The van der Waals surface area contributed by atoms with Crippen molar-refractivity contribution in [3.05, 3.63) is 47.9 Å². The molecule has 0 aliphatic heterocycles. The van der Waals surface area contributed by atoms with Crippen molar-refractivity contribution in [3.8, 4) is 11.1 Å². The van der Waals surface area contributed by atoms with Crippen LogP contribution < -0.4 is 10.0 Å². The molecular formula is C27H32F5N5O2S. The average molecular weight is 586 g/mol. The van der Waals surface area contributed by atoms with Crippen LogP contribution in [0.25, 0.3) is 22.0 Å². The summed E-state index contributed by atoms with van der Waals surface area (Å²) in [5, 5.41) is 3.97. The van der Waals surface area contributed by atoms with E-state index < -0.39 is 46.0 Å². The predicted octanol–water partition coefficient (Wildman–Crippen LogP) is 5.93. The van der Waals surface area contributed by atoms with Crippen molar-refractivity contribution >= 4 is 32.6 Å². The summed E-state index contributed by atoms with van der Waals surface area (Å²) in [6, 6.07) is 7.23. The lowest BCUT2D eigenvalue weighted by Gasteiger charge is -2.35. The number of nitrogens with one attached hydrogen (secondary N) is 2. The third kappa shape index (κ3) is 7.36. The van der Waals surface area contributed by atoms with Crippen LogP contribution in [0.15, 0.2) is 36.5 Å². The van der Waals surface area contributed by atoms with E-state index in [2.05, 4.69) is 15.3 Å². The van der Waals surface area contributed by atoms with Crippen molar-refractivity contribution in [1.29, 1.82) is 0 Å². The molecule has 1 aliphatic carbocycles. The second kappa shape index (κ2) is 11.8. The summed E-state index contributed by atoms with van der Waals surface area (Å²) in [5.41, 5.74) is 2.23. The molecule has 0 radical (unpaired) electrons. The fraction of sp³-hybridized carbons (Fsp3) is 0.481. The van der Waals surface area contributed by atoms with Gasteiger partial charge in [0, 0.05) is 30.1 Å². The van der Waals surface area contributed by atoms with Crippen LogP contribution in [0.2, 0.25) is 0 Å². The van der Waals surface area contributed by atoms with Gasteiger partial charge in [0.25, 0.3) is 0 Å². The number of hydrogen-bond acceptors (Lipinski definition) is 6. The first kappa shape index (κ1) is 29.9. The van der Waals surface area contributed by atoms with Crippen molar-refractivity contribution in [3.63, 3.8) is 0 Å². The number of nitrogens with zero attached hydrogens (tertiary/aromatic N) is 3. The number of benzene rings is 2. The van der Waals surface area contributed by atoms with Crippen molar-refractivity contribution in [1.82, 2.24) is 14.9 Å². The number of rotatable bonds is 9. The Hall–Kier alpha value is -3.06. The zero-order valence-electron chi connectivity index (χ0n) is 22.4. The maximum absolute atomic E-state index is 14.8. The first-order valence-corrected chi connectivity index (χ1v) is 14.6. The normalized spacial score (nSPS) is 20.2. The van der Waals surface area contributed by atoms with E-state index in [0.717, 1.165) is 24.5 Å². The molecule has 0 spiro atoms.